The van der Waals surface area contributed by atoms with Crippen LogP contribution in [0.5, 0.6) is 0 Å². The lowest BCUT2D eigenvalue weighted by Crippen LogP contribution is -2.07. The third kappa shape index (κ3) is 3.35. The van der Waals surface area contributed by atoms with Gasteiger partial charge in [0.15, 0.2) is 0 Å². The van der Waals surface area contributed by atoms with E-state index in [0.29, 0.717) is 16.3 Å². The first kappa shape index (κ1) is 15.9. The molecule has 0 bridgehead atoms. The molecule has 3 rings (SSSR count). The van der Waals surface area contributed by atoms with Crippen molar-refractivity contribution in [3.05, 3.63) is 68.0 Å². The molecule has 0 saturated heterocycles. The van der Waals surface area contributed by atoms with Gasteiger partial charge < -0.3 is 5.32 Å². The molecular formula is C16H10Cl2N4S. The molecule has 23 heavy (non-hydrogen) atoms. The second-order valence-corrected chi connectivity index (χ2v) is 6.42. The van der Waals surface area contributed by atoms with Crippen LogP contribution in [0.2, 0.25) is 10.3 Å². The number of thioether (sulfide) groups is 1. The van der Waals surface area contributed by atoms with Gasteiger partial charge in [0.05, 0.1) is 16.4 Å². The van der Waals surface area contributed by atoms with Gasteiger partial charge >= 0.3 is 0 Å². The van der Waals surface area contributed by atoms with Gasteiger partial charge in [-0.05, 0) is 41.8 Å². The summed E-state index contributed by atoms with van der Waals surface area (Å²) >= 11 is 13.2. The summed E-state index contributed by atoms with van der Waals surface area (Å²) in [5, 5.41) is 16.3. The van der Waals surface area contributed by atoms with Crippen LogP contribution in [0.25, 0.3) is 11.3 Å². The van der Waals surface area contributed by atoms with E-state index in [9.17, 15) is 5.26 Å². The summed E-state index contributed by atoms with van der Waals surface area (Å²) in [6.07, 6.45) is 1.61. The van der Waals surface area contributed by atoms with Gasteiger partial charge in [0.25, 0.3) is 0 Å². The van der Waals surface area contributed by atoms with Crippen LogP contribution in [0, 0.1) is 18.3 Å². The van der Waals surface area contributed by atoms with E-state index in [1.54, 1.807) is 6.20 Å². The van der Waals surface area contributed by atoms with Crippen LogP contribution in [-0.4, -0.2) is 9.97 Å². The zero-order valence-electron chi connectivity index (χ0n) is 12.0. The quantitative estimate of drug-likeness (QED) is 0.625. The second kappa shape index (κ2) is 6.63. The summed E-state index contributed by atoms with van der Waals surface area (Å²) in [7, 11) is 0. The summed E-state index contributed by atoms with van der Waals surface area (Å²) in [5.74, 6) is 0. The molecule has 0 amide bonds. The summed E-state index contributed by atoms with van der Waals surface area (Å²) < 4.78 is 0. The number of aryl methyl sites for hydroxylation is 1. The minimum absolute atomic E-state index is 0.118. The van der Waals surface area contributed by atoms with Gasteiger partial charge in [-0.2, -0.15) is 5.26 Å². The number of nitrogens with one attached hydrogen (secondary N) is 1. The van der Waals surface area contributed by atoms with Crippen LogP contribution in [0.3, 0.4) is 0 Å². The first-order valence-corrected chi connectivity index (χ1v) is 8.25. The molecule has 7 heteroatoms. The Kier molecular flexibility index (Phi) is 4.58. The number of benzene rings is 1. The van der Waals surface area contributed by atoms with Gasteiger partial charge in [0.2, 0.25) is 5.28 Å². The van der Waals surface area contributed by atoms with Gasteiger partial charge in [-0.3, -0.25) is 0 Å². The Hall–Kier alpha value is -2.00. The van der Waals surface area contributed by atoms with E-state index in [-0.39, 0.29) is 5.28 Å². The van der Waals surface area contributed by atoms with E-state index < -0.39 is 0 Å². The number of nitrogens with zero attached hydrogens (tertiary/aromatic N) is 3. The standard InChI is InChI=1S/C16H10Cl2N4S/c1-9-7-20-16(18)22-14(9)12(6-19)15-21-13(8-23-15)10-2-4-11(17)5-3-10/h2-5,7-8,21H,1H3/b15-12-. The lowest BCUT2D eigenvalue weighted by atomic mass is 10.1. The summed E-state index contributed by atoms with van der Waals surface area (Å²) in [4.78, 5) is 8.10. The zero-order chi connectivity index (χ0) is 16.4. The zero-order valence-corrected chi connectivity index (χ0v) is 14.3. The van der Waals surface area contributed by atoms with Crippen molar-refractivity contribution in [2.75, 3.05) is 0 Å². The predicted molar refractivity (Wildman–Crippen MR) is 94.5 cm³/mol. The van der Waals surface area contributed by atoms with Crippen LogP contribution >= 0.6 is 35.0 Å². The van der Waals surface area contributed by atoms with Crippen molar-refractivity contribution in [1.29, 1.82) is 5.26 Å². The lowest BCUT2D eigenvalue weighted by Gasteiger charge is -2.09. The molecular weight excluding hydrogens is 351 g/mol. The van der Waals surface area contributed by atoms with Crippen LogP contribution in [0.1, 0.15) is 16.8 Å². The smallest absolute Gasteiger partial charge is 0.222 e. The van der Waals surface area contributed by atoms with Gasteiger partial charge in [0, 0.05) is 16.6 Å². The highest BCUT2D eigenvalue weighted by molar-refractivity contribution is 8.06. The van der Waals surface area contributed by atoms with E-state index in [4.69, 9.17) is 23.2 Å². The number of nitriles is 1. The number of allylic oxidation sites excluding steroid dienone is 1. The average molecular weight is 361 g/mol. The number of aromatic nitrogens is 2. The first-order valence-electron chi connectivity index (χ1n) is 6.62. The summed E-state index contributed by atoms with van der Waals surface area (Å²) in [6.45, 7) is 1.84. The molecule has 4 nitrogen and oxygen atoms in total. The van der Waals surface area contributed by atoms with E-state index in [0.717, 1.165) is 21.9 Å². The van der Waals surface area contributed by atoms with Crippen LogP contribution in [-0.2, 0) is 0 Å². The summed E-state index contributed by atoms with van der Waals surface area (Å²) in [5.41, 5.74) is 3.67. The first-order chi connectivity index (χ1) is 11.1. The van der Waals surface area contributed by atoms with E-state index in [2.05, 4.69) is 21.4 Å². The second-order valence-electron chi connectivity index (χ2n) is 4.77. The van der Waals surface area contributed by atoms with E-state index in [1.165, 1.54) is 11.8 Å². The largest absolute Gasteiger partial charge is 0.348 e. The molecule has 1 aromatic carbocycles. The molecule has 0 unspecified atom stereocenters. The molecule has 1 aromatic heterocycles. The van der Waals surface area contributed by atoms with Gasteiger partial charge in [-0.1, -0.05) is 35.5 Å². The van der Waals surface area contributed by atoms with Crippen molar-refractivity contribution < 1.29 is 0 Å². The molecule has 0 spiro atoms. The predicted octanol–water partition coefficient (Wildman–Crippen LogP) is 4.62. The highest BCUT2D eigenvalue weighted by atomic mass is 35.5. The number of rotatable bonds is 2. The number of halogens is 2. The van der Waals surface area contributed by atoms with Crippen molar-refractivity contribution in [2.45, 2.75) is 6.92 Å². The molecule has 2 heterocycles. The lowest BCUT2D eigenvalue weighted by molar-refractivity contribution is 1.10. The molecule has 114 valence electrons. The van der Waals surface area contributed by atoms with E-state index >= 15 is 0 Å². The maximum absolute atomic E-state index is 9.54. The maximum Gasteiger partial charge on any atom is 0.222 e. The number of hydrogen-bond acceptors (Lipinski definition) is 5. The SMILES string of the molecule is Cc1cnc(Cl)nc1/C(C#N)=C1/NC(c2ccc(Cl)cc2)=CS1. The third-order valence-corrected chi connectivity index (χ3v) is 4.55. The molecule has 1 aliphatic heterocycles. The molecule has 1 aliphatic rings. The van der Waals surface area contributed by atoms with E-state index in [1.807, 2.05) is 36.6 Å². The summed E-state index contributed by atoms with van der Waals surface area (Å²) in [6, 6.07) is 9.69. The highest BCUT2D eigenvalue weighted by Gasteiger charge is 2.20. The van der Waals surface area contributed by atoms with Crippen molar-refractivity contribution in [1.82, 2.24) is 15.3 Å². The number of hydrogen-bond donors (Lipinski definition) is 1. The molecule has 0 atom stereocenters. The van der Waals surface area contributed by atoms with Crippen LogP contribution < -0.4 is 5.32 Å². The van der Waals surface area contributed by atoms with Crippen molar-refractivity contribution in [3.63, 3.8) is 0 Å². The highest BCUT2D eigenvalue weighted by Crippen LogP contribution is 2.35. The molecule has 0 fully saturated rings. The Balaban J connectivity index is 1.95. The monoisotopic (exact) mass is 360 g/mol. The molecule has 1 N–H and O–H groups in total. The molecule has 2 aromatic rings. The maximum atomic E-state index is 9.54. The van der Waals surface area contributed by atoms with Crippen molar-refractivity contribution >= 4 is 46.2 Å². The fraction of sp³-hybridized carbons (Fsp3) is 0.0625. The van der Waals surface area contributed by atoms with Crippen molar-refractivity contribution in [2.24, 2.45) is 0 Å². The Bertz CT molecular complexity index is 867. The topological polar surface area (TPSA) is 61.6 Å². The third-order valence-electron chi connectivity index (χ3n) is 3.22. The van der Waals surface area contributed by atoms with Crippen LogP contribution in [0.4, 0.5) is 0 Å². The van der Waals surface area contributed by atoms with Gasteiger partial charge in [-0.15, -0.1) is 0 Å². The average Bonchev–Trinajstić information content (AvgIpc) is 3.02. The Morgan fingerprint density at radius 3 is 2.70 bits per heavy atom. The Morgan fingerprint density at radius 2 is 2.00 bits per heavy atom. The minimum Gasteiger partial charge on any atom is -0.348 e. The fourth-order valence-corrected chi connectivity index (χ4v) is 3.19. The van der Waals surface area contributed by atoms with Gasteiger partial charge in [-0.25, -0.2) is 9.97 Å². The minimum atomic E-state index is 0.118. The van der Waals surface area contributed by atoms with Crippen molar-refractivity contribution in [3.8, 4) is 6.07 Å². The fourth-order valence-electron chi connectivity index (χ4n) is 2.08. The Morgan fingerprint density at radius 1 is 1.26 bits per heavy atom. The van der Waals surface area contributed by atoms with Gasteiger partial charge in [0.1, 0.15) is 11.6 Å². The molecule has 0 radical (unpaired) electrons. The normalized spacial score (nSPS) is 15.7. The molecule has 0 saturated carbocycles. The van der Waals surface area contributed by atoms with Crippen LogP contribution in [0.15, 0.2) is 40.9 Å². The Labute approximate surface area is 147 Å². The molecule has 0 aliphatic carbocycles.